The van der Waals surface area contributed by atoms with Crippen molar-refractivity contribution >= 4 is 16.9 Å². The van der Waals surface area contributed by atoms with Gasteiger partial charge in [-0.3, -0.25) is 9.69 Å². The molecule has 1 amide bonds. The molecule has 7 heteroatoms. The van der Waals surface area contributed by atoms with Gasteiger partial charge in [-0.25, -0.2) is 4.63 Å². The summed E-state index contributed by atoms with van der Waals surface area (Å²) < 4.78 is 4.89. The third kappa shape index (κ3) is 2.53. The number of rotatable bonds is 3. The summed E-state index contributed by atoms with van der Waals surface area (Å²) in [6, 6.07) is 6.24. The van der Waals surface area contributed by atoms with E-state index < -0.39 is 0 Å². The van der Waals surface area contributed by atoms with Crippen LogP contribution >= 0.6 is 0 Å². The molecule has 5 rings (SSSR count). The summed E-state index contributed by atoms with van der Waals surface area (Å²) in [6.07, 6.45) is 3.79. The maximum absolute atomic E-state index is 12.5. The monoisotopic (exact) mass is 356 g/mol. The molecule has 3 aliphatic rings. The average Bonchev–Trinajstić information content (AvgIpc) is 3.13. The molecule has 0 aliphatic carbocycles. The number of fused-ring (bicyclic) bond motifs is 5. The van der Waals surface area contributed by atoms with E-state index in [9.17, 15) is 9.90 Å². The van der Waals surface area contributed by atoms with Crippen molar-refractivity contribution in [3.8, 4) is 0 Å². The molecule has 2 aromatic rings. The minimum atomic E-state index is -0.0311. The van der Waals surface area contributed by atoms with Crippen LogP contribution in [-0.2, 0) is 11.3 Å². The molecule has 26 heavy (non-hydrogen) atoms. The number of piperidine rings is 3. The first-order valence-electron chi connectivity index (χ1n) is 9.59. The van der Waals surface area contributed by atoms with Crippen LogP contribution in [-0.4, -0.2) is 62.9 Å². The van der Waals surface area contributed by atoms with Gasteiger partial charge in [-0.15, -0.1) is 0 Å². The fraction of sp³-hybridized carbons (Fsp3) is 0.632. The number of carbonyl (C=O) groups is 1. The van der Waals surface area contributed by atoms with Gasteiger partial charge >= 0.3 is 0 Å². The zero-order valence-corrected chi connectivity index (χ0v) is 14.8. The lowest BCUT2D eigenvalue weighted by Gasteiger charge is -2.56. The number of likely N-dealkylation sites (tertiary alicyclic amines) is 1. The standard InChI is InChI=1S/C19H24N4O3/c24-11-17-14-7-13(16-5-2-6-18(25)23(16)17)9-22(10-14)8-12-3-1-4-15-19(12)21-26-20-15/h1,3-4,13-14,16-17,24H,2,5-11H2/t13-,14+,16+,17+/m1/s1. The van der Waals surface area contributed by atoms with Crippen molar-refractivity contribution < 1.29 is 14.5 Å². The number of carbonyl (C=O) groups excluding carboxylic acids is 1. The predicted octanol–water partition coefficient (Wildman–Crippen LogP) is 1.42. The lowest BCUT2D eigenvalue weighted by atomic mass is 9.72. The van der Waals surface area contributed by atoms with E-state index in [1.165, 1.54) is 0 Å². The summed E-state index contributed by atoms with van der Waals surface area (Å²) in [5.41, 5.74) is 2.74. The molecule has 2 bridgehead atoms. The molecule has 0 radical (unpaired) electrons. The van der Waals surface area contributed by atoms with E-state index in [0.717, 1.165) is 55.5 Å². The van der Waals surface area contributed by atoms with E-state index in [-0.39, 0.29) is 24.6 Å². The Kier molecular flexibility index (Phi) is 3.94. The fourth-order valence-electron chi connectivity index (χ4n) is 5.47. The van der Waals surface area contributed by atoms with E-state index in [4.69, 9.17) is 4.63 Å². The molecule has 7 nitrogen and oxygen atoms in total. The van der Waals surface area contributed by atoms with Gasteiger partial charge in [0, 0.05) is 32.1 Å². The van der Waals surface area contributed by atoms with Crippen LogP contribution in [0.15, 0.2) is 22.8 Å². The number of benzene rings is 1. The first-order valence-corrected chi connectivity index (χ1v) is 9.59. The number of hydrogen-bond donors (Lipinski definition) is 1. The zero-order chi connectivity index (χ0) is 17.7. The highest BCUT2D eigenvalue weighted by Gasteiger charge is 2.49. The van der Waals surface area contributed by atoms with Gasteiger partial charge in [0.25, 0.3) is 0 Å². The van der Waals surface area contributed by atoms with Gasteiger partial charge in [-0.1, -0.05) is 12.1 Å². The van der Waals surface area contributed by atoms with Gasteiger partial charge in [0.1, 0.15) is 11.0 Å². The summed E-state index contributed by atoms with van der Waals surface area (Å²) in [6.45, 7) is 2.76. The van der Waals surface area contributed by atoms with Crippen LogP contribution in [0.25, 0.3) is 11.0 Å². The van der Waals surface area contributed by atoms with Gasteiger partial charge in [0.15, 0.2) is 0 Å². The summed E-state index contributed by atoms with van der Waals surface area (Å²) in [5, 5.41) is 18.0. The Hall–Kier alpha value is -1.99. The van der Waals surface area contributed by atoms with Crippen LogP contribution in [0.4, 0.5) is 0 Å². The molecular formula is C19H24N4O3. The number of aromatic nitrogens is 2. The quantitative estimate of drug-likeness (QED) is 0.896. The summed E-state index contributed by atoms with van der Waals surface area (Å²) in [4.78, 5) is 17.0. The van der Waals surface area contributed by atoms with E-state index in [2.05, 4.69) is 21.3 Å². The second-order valence-electron chi connectivity index (χ2n) is 8.01. The molecule has 1 aromatic carbocycles. The molecule has 3 aliphatic heterocycles. The van der Waals surface area contributed by atoms with Crippen molar-refractivity contribution in [2.24, 2.45) is 11.8 Å². The predicted molar refractivity (Wildman–Crippen MR) is 94.0 cm³/mol. The van der Waals surface area contributed by atoms with Crippen molar-refractivity contribution in [1.29, 1.82) is 0 Å². The molecule has 0 saturated carbocycles. The number of hydrogen-bond acceptors (Lipinski definition) is 6. The van der Waals surface area contributed by atoms with Gasteiger partial charge in [-0.05, 0) is 53.0 Å². The molecular weight excluding hydrogens is 332 g/mol. The third-order valence-corrected chi connectivity index (χ3v) is 6.52. The Morgan fingerprint density at radius 1 is 1.23 bits per heavy atom. The third-order valence-electron chi connectivity index (χ3n) is 6.52. The molecule has 4 heterocycles. The van der Waals surface area contributed by atoms with Crippen LogP contribution in [0.5, 0.6) is 0 Å². The topological polar surface area (TPSA) is 82.7 Å². The summed E-state index contributed by atoms with van der Waals surface area (Å²) in [7, 11) is 0. The van der Waals surface area contributed by atoms with E-state index in [0.29, 0.717) is 18.3 Å². The summed E-state index contributed by atoms with van der Waals surface area (Å²) >= 11 is 0. The minimum absolute atomic E-state index is 0.0311. The Balaban J connectivity index is 1.40. The molecule has 0 unspecified atom stereocenters. The van der Waals surface area contributed by atoms with Gasteiger partial charge < -0.3 is 10.0 Å². The maximum Gasteiger partial charge on any atom is 0.223 e. The number of aliphatic hydroxyl groups is 1. The molecule has 138 valence electrons. The highest BCUT2D eigenvalue weighted by atomic mass is 16.6. The van der Waals surface area contributed by atoms with Crippen LogP contribution < -0.4 is 0 Å². The SMILES string of the molecule is O=C1CCC[C@H]2[C@@H]3C[C@@H](CN(Cc4cccc5nonc45)C3)[C@H](CO)N12. The number of nitrogens with zero attached hydrogens (tertiary/aromatic N) is 4. The second-order valence-corrected chi connectivity index (χ2v) is 8.01. The maximum atomic E-state index is 12.5. The fourth-order valence-corrected chi connectivity index (χ4v) is 5.47. The Labute approximate surface area is 151 Å². The lowest BCUT2D eigenvalue weighted by molar-refractivity contribution is -0.155. The van der Waals surface area contributed by atoms with Crippen molar-refractivity contribution in [2.45, 2.75) is 44.3 Å². The largest absolute Gasteiger partial charge is 0.394 e. The van der Waals surface area contributed by atoms with Crippen LogP contribution in [0.3, 0.4) is 0 Å². The van der Waals surface area contributed by atoms with Crippen molar-refractivity contribution in [3.05, 3.63) is 23.8 Å². The highest BCUT2D eigenvalue weighted by molar-refractivity contribution is 5.78. The van der Waals surface area contributed by atoms with E-state index >= 15 is 0 Å². The molecule has 1 N–H and O–H groups in total. The Bertz CT molecular complexity index is 808. The zero-order valence-electron chi connectivity index (χ0n) is 14.8. The minimum Gasteiger partial charge on any atom is -0.394 e. The van der Waals surface area contributed by atoms with Crippen molar-refractivity contribution in [3.63, 3.8) is 0 Å². The van der Waals surface area contributed by atoms with Crippen LogP contribution in [0.2, 0.25) is 0 Å². The average molecular weight is 356 g/mol. The number of aliphatic hydroxyl groups excluding tert-OH is 1. The molecule has 1 aromatic heterocycles. The molecule has 0 spiro atoms. The first kappa shape index (κ1) is 16.2. The van der Waals surface area contributed by atoms with E-state index in [1.54, 1.807) is 0 Å². The van der Waals surface area contributed by atoms with Crippen molar-refractivity contribution in [1.82, 2.24) is 20.1 Å². The molecule has 3 saturated heterocycles. The Morgan fingerprint density at radius 3 is 3.00 bits per heavy atom. The second kappa shape index (κ2) is 6.32. The van der Waals surface area contributed by atoms with Crippen molar-refractivity contribution in [2.75, 3.05) is 19.7 Å². The van der Waals surface area contributed by atoms with E-state index in [1.807, 2.05) is 17.0 Å². The molecule has 4 atom stereocenters. The first-order chi connectivity index (χ1) is 12.7. The summed E-state index contributed by atoms with van der Waals surface area (Å²) in [5.74, 6) is 1.07. The van der Waals surface area contributed by atoms with Gasteiger partial charge in [0.05, 0.1) is 12.6 Å². The van der Waals surface area contributed by atoms with Crippen LogP contribution in [0, 0.1) is 11.8 Å². The highest BCUT2D eigenvalue weighted by Crippen LogP contribution is 2.41. The smallest absolute Gasteiger partial charge is 0.223 e. The number of amides is 1. The molecule has 3 fully saturated rings. The Morgan fingerprint density at radius 2 is 2.12 bits per heavy atom. The van der Waals surface area contributed by atoms with Gasteiger partial charge in [0.2, 0.25) is 5.91 Å². The van der Waals surface area contributed by atoms with Gasteiger partial charge in [-0.2, -0.15) is 0 Å². The normalized spacial score (nSPS) is 32.0. The van der Waals surface area contributed by atoms with Crippen LogP contribution in [0.1, 0.15) is 31.2 Å². The lowest BCUT2D eigenvalue weighted by Crippen LogP contribution is -2.65.